The van der Waals surface area contributed by atoms with Crippen molar-refractivity contribution in [3.05, 3.63) is 65.2 Å². The fourth-order valence-corrected chi connectivity index (χ4v) is 2.53. The molecule has 1 atom stereocenters. The van der Waals surface area contributed by atoms with Gasteiger partial charge in [0.1, 0.15) is 5.75 Å². The monoisotopic (exact) mass is 311 g/mol. The Balaban J connectivity index is 2.17. The number of hydrogen-bond acceptors (Lipinski definition) is 2. The molecule has 0 spiro atoms. The van der Waals surface area contributed by atoms with Crippen LogP contribution in [0.15, 0.2) is 48.5 Å². The number of amides is 1. The number of carbonyl (C=O) groups excluding carboxylic acids is 1. The summed E-state index contributed by atoms with van der Waals surface area (Å²) in [6.07, 6.45) is 0.893. The van der Waals surface area contributed by atoms with Gasteiger partial charge >= 0.3 is 0 Å². The molecule has 0 heterocycles. The van der Waals surface area contributed by atoms with Gasteiger partial charge < -0.3 is 10.1 Å². The fraction of sp³-hybridized carbons (Fsp3) is 0.350. The van der Waals surface area contributed by atoms with Crippen LogP contribution < -0.4 is 10.1 Å². The molecule has 0 aliphatic carbocycles. The minimum absolute atomic E-state index is 0.00490. The first-order valence-corrected chi connectivity index (χ1v) is 8.01. The van der Waals surface area contributed by atoms with Crippen molar-refractivity contribution in [3.63, 3.8) is 0 Å². The van der Waals surface area contributed by atoms with Crippen LogP contribution in [0.2, 0.25) is 0 Å². The van der Waals surface area contributed by atoms with Crippen LogP contribution in [0.3, 0.4) is 0 Å². The molecule has 0 saturated carbocycles. The molecule has 1 N–H and O–H groups in total. The van der Waals surface area contributed by atoms with Crippen LogP contribution in [0.4, 0.5) is 0 Å². The highest BCUT2D eigenvalue weighted by atomic mass is 16.5. The lowest BCUT2D eigenvalue weighted by molar-refractivity contribution is 0.0932. The van der Waals surface area contributed by atoms with Gasteiger partial charge in [0.05, 0.1) is 13.2 Å². The maximum absolute atomic E-state index is 12.5. The first-order valence-electron chi connectivity index (χ1n) is 8.01. The number of aryl methyl sites for hydroxylation is 1. The van der Waals surface area contributed by atoms with Gasteiger partial charge in [-0.3, -0.25) is 4.79 Å². The third kappa shape index (κ3) is 4.85. The molecule has 3 heteroatoms. The second-order valence-corrected chi connectivity index (χ2v) is 6.29. The molecule has 0 fully saturated rings. The Morgan fingerprint density at radius 3 is 2.17 bits per heavy atom. The van der Waals surface area contributed by atoms with E-state index >= 15 is 0 Å². The molecular weight excluding hydrogens is 286 g/mol. The first-order chi connectivity index (χ1) is 11.0. The van der Waals surface area contributed by atoms with Gasteiger partial charge in [0.25, 0.3) is 5.91 Å². The van der Waals surface area contributed by atoms with Crippen LogP contribution >= 0.6 is 0 Å². The average molecular weight is 311 g/mol. The lowest BCUT2D eigenvalue weighted by Crippen LogP contribution is -2.29. The summed E-state index contributed by atoms with van der Waals surface area (Å²) in [4.78, 5) is 12.5. The van der Waals surface area contributed by atoms with Gasteiger partial charge in [-0.05, 0) is 49.1 Å². The lowest BCUT2D eigenvalue weighted by Gasteiger charge is -2.21. The second kappa shape index (κ2) is 7.82. The van der Waals surface area contributed by atoms with E-state index in [-0.39, 0.29) is 11.9 Å². The summed E-state index contributed by atoms with van der Waals surface area (Å²) < 4.78 is 5.20. The number of hydrogen-bond donors (Lipinski definition) is 1. The zero-order valence-corrected chi connectivity index (χ0v) is 14.3. The van der Waals surface area contributed by atoms with Crippen molar-refractivity contribution in [1.82, 2.24) is 5.32 Å². The molecule has 2 rings (SSSR count). The first kappa shape index (κ1) is 17.1. The van der Waals surface area contributed by atoms with E-state index < -0.39 is 0 Å². The smallest absolute Gasteiger partial charge is 0.251 e. The number of methoxy groups -OCH3 is 1. The Kier molecular flexibility index (Phi) is 5.80. The Morgan fingerprint density at radius 2 is 1.65 bits per heavy atom. The molecule has 2 aromatic carbocycles. The molecule has 1 amide bonds. The number of carbonyl (C=O) groups is 1. The van der Waals surface area contributed by atoms with Crippen LogP contribution in [0.1, 0.15) is 47.8 Å². The van der Waals surface area contributed by atoms with E-state index in [4.69, 9.17) is 4.74 Å². The van der Waals surface area contributed by atoms with Crippen molar-refractivity contribution in [1.29, 1.82) is 0 Å². The zero-order valence-electron chi connectivity index (χ0n) is 14.3. The topological polar surface area (TPSA) is 38.3 Å². The van der Waals surface area contributed by atoms with Gasteiger partial charge in [0, 0.05) is 5.56 Å². The van der Waals surface area contributed by atoms with E-state index in [9.17, 15) is 4.79 Å². The molecule has 0 unspecified atom stereocenters. The molecule has 0 aliphatic heterocycles. The SMILES string of the molecule is COc1ccc([C@@H](CC(C)C)NC(=O)c2ccc(C)cc2)cc1. The molecular formula is C20H25NO2. The minimum atomic E-state index is -0.0357. The van der Waals surface area contributed by atoms with E-state index in [1.165, 1.54) is 0 Å². The summed E-state index contributed by atoms with van der Waals surface area (Å²) in [5, 5.41) is 3.16. The molecule has 0 radical (unpaired) electrons. The third-order valence-electron chi connectivity index (χ3n) is 3.84. The van der Waals surface area contributed by atoms with Crippen molar-refractivity contribution in [2.45, 2.75) is 33.2 Å². The lowest BCUT2D eigenvalue weighted by atomic mass is 9.96. The van der Waals surface area contributed by atoms with E-state index in [1.807, 2.05) is 55.5 Å². The zero-order chi connectivity index (χ0) is 16.8. The molecule has 2 aromatic rings. The van der Waals surface area contributed by atoms with E-state index in [1.54, 1.807) is 7.11 Å². The molecule has 0 aliphatic rings. The Bertz CT molecular complexity index is 630. The van der Waals surface area contributed by atoms with Gasteiger partial charge in [-0.15, -0.1) is 0 Å². The van der Waals surface area contributed by atoms with Gasteiger partial charge in [-0.1, -0.05) is 43.7 Å². The highest BCUT2D eigenvalue weighted by Gasteiger charge is 2.17. The van der Waals surface area contributed by atoms with E-state index in [0.717, 1.165) is 23.3 Å². The minimum Gasteiger partial charge on any atom is -0.497 e. The van der Waals surface area contributed by atoms with Gasteiger partial charge in [-0.2, -0.15) is 0 Å². The normalized spacial score (nSPS) is 12.0. The Morgan fingerprint density at radius 1 is 1.04 bits per heavy atom. The molecule has 0 aromatic heterocycles. The molecule has 23 heavy (non-hydrogen) atoms. The van der Waals surface area contributed by atoms with Crippen molar-refractivity contribution in [3.8, 4) is 5.75 Å². The van der Waals surface area contributed by atoms with Gasteiger partial charge in [-0.25, -0.2) is 0 Å². The number of benzene rings is 2. The van der Waals surface area contributed by atoms with Crippen molar-refractivity contribution in [2.24, 2.45) is 5.92 Å². The van der Waals surface area contributed by atoms with Crippen LogP contribution in [0, 0.1) is 12.8 Å². The molecule has 0 bridgehead atoms. The fourth-order valence-electron chi connectivity index (χ4n) is 2.53. The van der Waals surface area contributed by atoms with Crippen LogP contribution in [-0.4, -0.2) is 13.0 Å². The summed E-state index contributed by atoms with van der Waals surface area (Å²) in [6, 6.07) is 15.5. The molecule has 0 saturated heterocycles. The summed E-state index contributed by atoms with van der Waals surface area (Å²) in [6.45, 7) is 6.34. The van der Waals surface area contributed by atoms with E-state index in [2.05, 4.69) is 19.2 Å². The summed E-state index contributed by atoms with van der Waals surface area (Å²) in [7, 11) is 1.65. The van der Waals surface area contributed by atoms with Crippen LogP contribution in [0.5, 0.6) is 5.75 Å². The highest BCUT2D eigenvalue weighted by molar-refractivity contribution is 5.94. The van der Waals surface area contributed by atoms with E-state index in [0.29, 0.717) is 11.5 Å². The summed E-state index contributed by atoms with van der Waals surface area (Å²) in [5.74, 6) is 1.27. The Hall–Kier alpha value is -2.29. The molecule has 122 valence electrons. The number of ether oxygens (including phenoxy) is 1. The number of rotatable bonds is 6. The average Bonchev–Trinajstić information content (AvgIpc) is 2.54. The Labute approximate surface area is 138 Å². The van der Waals surface area contributed by atoms with Crippen molar-refractivity contribution < 1.29 is 9.53 Å². The number of nitrogens with one attached hydrogen (secondary N) is 1. The van der Waals surface area contributed by atoms with Crippen molar-refractivity contribution in [2.75, 3.05) is 7.11 Å². The van der Waals surface area contributed by atoms with Crippen LogP contribution in [-0.2, 0) is 0 Å². The third-order valence-corrected chi connectivity index (χ3v) is 3.84. The second-order valence-electron chi connectivity index (χ2n) is 6.29. The summed E-state index contributed by atoms with van der Waals surface area (Å²) in [5.41, 5.74) is 2.94. The largest absolute Gasteiger partial charge is 0.497 e. The van der Waals surface area contributed by atoms with Crippen LogP contribution in [0.25, 0.3) is 0 Å². The maximum Gasteiger partial charge on any atom is 0.251 e. The predicted octanol–water partition coefficient (Wildman–Crippen LogP) is 4.52. The highest BCUT2D eigenvalue weighted by Crippen LogP contribution is 2.24. The van der Waals surface area contributed by atoms with Crippen molar-refractivity contribution >= 4 is 5.91 Å². The summed E-state index contributed by atoms with van der Waals surface area (Å²) >= 11 is 0. The predicted molar refractivity (Wildman–Crippen MR) is 93.8 cm³/mol. The molecule has 3 nitrogen and oxygen atoms in total. The standard InChI is InChI=1S/C20H25NO2/c1-14(2)13-19(16-9-11-18(23-4)12-10-16)21-20(22)17-7-5-15(3)6-8-17/h5-12,14,19H,13H2,1-4H3,(H,21,22)/t19-/m1/s1. The van der Waals surface area contributed by atoms with Gasteiger partial charge in [0.15, 0.2) is 0 Å². The quantitative estimate of drug-likeness (QED) is 0.851. The van der Waals surface area contributed by atoms with Gasteiger partial charge in [0.2, 0.25) is 0 Å². The maximum atomic E-state index is 12.5.